The summed E-state index contributed by atoms with van der Waals surface area (Å²) in [4.78, 5) is 15.6. The van der Waals surface area contributed by atoms with Gasteiger partial charge in [-0.3, -0.25) is 0 Å². The van der Waals surface area contributed by atoms with Crippen molar-refractivity contribution in [3.05, 3.63) is 66.0 Å². The third-order valence-electron chi connectivity index (χ3n) is 2.97. The second-order valence-electron chi connectivity index (χ2n) is 4.39. The van der Waals surface area contributed by atoms with E-state index >= 15 is 0 Å². The number of carboxylic acids is 1. The second kappa shape index (κ2) is 5.54. The molecule has 0 atom stereocenters. The van der Waals surface area contributed by atoms with Crippen molar-refractivity contribution < 1.29 is 14.3 Å². The highest BCUT2D eigenvalue weighted by Gasteiger charge is 2.10. The molecule has 0 bridgehead atoms. The van der Waals surface area contributed by atoms with E-state index in [1.165, 1.54) is 12.1 Å². The molecule has 0 saturated heterocycles. The summed E-state index contributed by atoms with van der Waals surface area (Å²) in [6.45, 7) is 0. The van der Waals surface area contributed by atoms with Crippen molar-refractivity contribution in [2.24, 2.45) is 0 Å². The molecule has 104 valence electrons. The molecule has 0 spiro atoms. The van der Waals surface area contributed by atoms with Gasteiger partial charge >= 0.3 is 5.97 Å². The third-order valence-corrected chi connectivity index (χ3v) is 3.93. The standard InChI is InChI=1S/C16H10FNO2S/c17-12-7-5-11(16(19)20)9-14(12)21-15-8-6-10-3-1-2-4-13(10)18-15/h1-9H,(H,19,20). The van der Waals surface area contributed by atoms with Gasteiger partial charge in [-0.2, -0.15) is 0 Å². The molecule has 21 heavy (non-hydrogen) atoms. The van der Waals surface area contributed by atoms with Crippen LogP contribution in [-0.2, 0) is 0 Å². The summed E-state index contributed by atoms with van der Waals surface area (Å²) in [7, 11) is 0. The zero-order chi connectivity index (χ0) is 14.8. The molecule has 3 aromatic rings. The number of aromatic nitrogens is 1. The molecule has 0 aliphatic carbocycles. The van der Waals surface area contributed by atoms with Gasteiger partial charge in [-0.25, -0.2) is 14.2 Å². The van der Waals surface area contributed by atoms with Gasteiger partial charge in [0.25, 0.3) is 0 Å². The quantitative estimate of drug-likeness (QED) is 0.786. The van der Waals surface area contributed by atoms with E-state index in [0.29, 0.717) is 5.03 Å². The number of pyridine rings is 1. The van der Waals surface area contributed by atoms with Crippen LogP contribution in [0, 0.1) is 5.82 Å². The van der Waals surface area contributed by atoms with Crippen LogP contribution in [0.3, 0.4) is 0 Å². The lowest BCUT2D eigenvalue weighted by Crippen LogP contribution is -1.97. The molecular formula is C16H10FNO2S. The van der Waals surface area contributed by atoms with Crippen LogP contribution in [0.1, 0.15) is 10.4 Å². The molecule has 0 aliphatic rings. The maximum absolute atomic E-state index is 13.8. The summed E-state index contributed by atoms with van der Waals surface area (Å²) in [5.74, 6) is -1.54. The summed E-state index contributed by atoms with van der Waals surface area (Å²) in [6, 6.07) is 15.1. The first kappa shape index (κ1) is 13.6. The summed E-state index contributed by atoms with van der Waals surface area (Å²) in [5.41, 5.74) is 0.872. The summed E-state index contributed by atoms with van der Waals surface area (Å²) < 4.78 is 13.8. The number of halogens is 1. The van der Waals surface area contributed by atoms with Gasteiger partial charge in [0, 0.05) is 5.39 Å². The van der Waals surface area contributed by atoms with E-state index < -0.39 is 11.8 Å². The molecule has 1 N–H and O–H groups in total. The molecule has 0 saturated carbocycles. The van der Waals surface area contributed by atoms with Gasteiger partial charge in [0.2, 0.25) is 0 Å². The van der Waals surface area contributed by atoms with Gasteiger partial charge in [0.1, 0.15) is 10.8 Å². The Hall–Kier alpha value is -2.40. The van der Waals surface area contributed by atoms with E-state index in [9.17, 15) is 9.18 Å². The van der Waals surface area contributed by atoms with Gasteiger partial charge in [0.15, 0.2) is 0 Å². The molecule has 0 amide bonds. The van der Waals surface area contributed by atoms with Gasteiger partial charge in [-0.15, -0.1) is 0 Å². The van der Waals surface area contributed by atoms with Crippen LogP contribution in [0.2, 0.25) is 0 Å². The first-order chi connectivity index (χ1) is 10.1. The van der Waals surface area contributed by atoms with E-state index in [-0.39, 0.29) is 10.5 Å². The maximum Gasteiger partial charge on any atom is 0.335 e. The Bertz CT molecular complexity index is 835. The van der Waals surface area contributed by atoms with Crippen LogP contribution >= 0.6 is 11.8 Å². The molecule has 0 radical (unpaired) electrons. The van der Waals surface area contributed by atoms with Crippen LogP contribution < -0.4 is 0 Å². The zero-order valence-corrected chi connectivity index (χ0v) is 11.6. The number of hydrogen-bond acceptors (Lipinski definition) is 3. The molecule has 3 nitrogen and oxygen atoms in total. The number of aromatic carboxylic acids is 1. The minimum atomic E-state index is -1.08. The largest absolute Gasteiger partial charge is 0.478 e. The maximum atomic E-state index is 13.8. The van der Waals surface area contributed by atoms with Crippen LogP contribution in [-0.4, -0.2) is 16.1 Å². The minimum absolute atomic E-state index is 0.0553. The molecular weight excluding hydrogens is 289 g/mol. The SMILES string of the molecule is O=C(O)c1ccc(F)c(Sc2ccc3ccccc3n2)c1. The lowest BCUT2D eigenvalue weighted by Gasteiger charge is -2.05. The van der Waals surface area contributed by atoms with E-state index in [1.54, 1.807) is 6.07 Å². The molecule has 0 fully saturated rings. The molecule has 3 rings (SSSR count). The molecule has 0 unspecified atom stereocenters. The Morgan fingerprint density at radius 2 is 1.90 bits per heavy atom. The Labute approximate surface area is 124 Å². The van der Waals surface area contributed by atoms with Gasteiger partial charge in [-0.05, 0) is 30.3 Å². The Balaban J connectivity index is 1.98. The highest BCUT2D eigenvalue weighted by molar-refractivity contribution is 7.99. The van der Waals surface area contributed by atoms with Gasteiger partial charge < -0.3 is 5.11 Å². The summed E-state index contributed by atoms with van der Waals surface area (Å²) in [6.07, 6.45) is 0. The number of nitrogens with zero attached hydrogens (tertiary/aromatic N) is 1. The molecule has 1 aromatic heterocycles. The number of hydrogen-bond donors (Lipinski definition) is 1. The number of benzene rings is 2. The number of rotatable bonds is 3. The Morgan fingerprint density at radius 3 is 2.71 bits per heavy atom. The zero-order valence-electron chi connectivity index (χ0n) is 10.8. The van der Waals surface area contributed by atoms with Crippen LogP contribution in [0.25, 0.3) is 10.9 Å². The lowest BCUT2D eigenvalue weighted by atomic mass is 10.2. The fourth-order valence-corrected chi connectivity index (χ4v) is 2.79. The third kappa shape index (κ3) is 2.87. The van der Waals surface area contributed by atoms with Crippen molar-refractivity contribution >= 4 is 28.6 Å². The minimum Gasteiger partial charge on any atom is -0.478 e. The fourth-order valence-electron chi connectivity index (χ4n) is 1.93. The van der Waals surface area contributed by atoms with Gasteiger partial charge in [-0.1, -0.05) is 36.0 Å². The van der Waals surface area contributed by atoms with Crippen molar-refractivity contribution in [3.8, 4) is 0 Å². The normalized spacial score (nSPS) is 10.7. The van der Waals surface area contributed by atoms with Crippen LogP contribution in [0.15, 0.2) is 64.5 Å². The average molecular weight is 299 g/mol. The predicted octanol–water partition coefficient (Wildman–Crippen LogP) is 4.22. The van der Waals surface area contributed by atoms with Crippen molar-refractivity contribution in [1.29, 1.82) is 0 Å². The summed E-state index contributed by atoms with van der Waals surface area (Å²) >= 11 is 1.11. The Kier molecular flexibility index (Phi) is 3.58. The number of para-hydroxylation sites is 1. The van der Waals surface area contributed by atoms with E-state index in [2.05, 4.69) is 4.98 Å². The monoisotopic (exact) mass is 299 g/mol. The first-order valence-electron chi connectivity index (χ1n) is 6.20. The van der Waals surface area contributed by atoms with Gasteiger partial charge in [0.05, 0.1) is 16.0 Å². The van der Waals surface area contributed by atoms with Crippen molar-refractivity contribution in [2.45, 2.75) is 9.92 Å². The highest BCUT2D eigenvalue weighted by atomic mass is 32.2. The van der Waals surface area contributed by atoms with Crippen LogP contribution in [0.5, 0.6) is 0 Å². The van der Waals surface area contributed by atoms with E-state index in [4.69, 9.17) is 5.11 Å². The highest BCUT2D eigenvalue weighted by Crippen LogP contribution is 2.30. The van der Waals surface area contributed by atoms with Crippen molar-refractivity contribution in [1.82, 2.24) is 4.98 Å². The lowest BCUT2D eigenvalue weighted by molar-refractivity contribution is 0.0696. The molecule has 1 heterocycles. The number of fused-ring (bicyclic) bond motifs is 1. The van der Waals surface area contributed by atoms with E-state index in [1.807, 2.05) is 30.3 Å². The van der Waals surface area contributed by atoms with Crippen molar-refractivity contribution in [2.75, 3.05) is 0 Å². The average Bonchev–Trinajstić information content (AvgIpc) is 2.49. The van der Waals surface area contributed by atoms with Crippen molar-refractivity contribution in [3.63, 3.8) is 0 Å². The topological polar surface area (TPSA) is 50.2 Å². The first-order valence-corrected chi connectivity index (χ1v) is 7.01. The fraction of sp³-hybridized carbons (Fsp3) is 0. The Morgan fingerprint density at radius 1 is 1.10 bits per heavy atom. The molecule has 5 heteroatoms. The predicted molar refractivity (Wildman–Crippen MR) is 79.2 cm³/mol. The smallest absolute Gasteiger partial charge is 0.335 e. The number of carbonyl (C=O) groups is 1. The van der Waals surface area contributed by atoms with Crippen LogP contribution in [0.4, 0.5) is 4.39 Å². The summed E-state index contributed by atoms with van der Waals surface area (Å²) in [5, 5.41) is 10.6. The molecule has 0 aliphatic heterocycles. The number of carboxylic acid groups (broad SMARTS) is 1. The molecule has 2 aromatic carbocycles. The van der Waals surface area contributed by atoms with E-state index in [0.717, 1.165) is 28.7 Å². The second-order valence-corrected chi connectivity index (χ2v) is 5.46.